The maximum atomic E-state index is 12.8. The lowest BCUT2D eigenvalue weighted by atomic mass is 9.84. The number of pyridine rings is 1. The summed E-state index contributed by atoms with van der Waals surface area (Å²) in [6.45, 7) is 7.03. The fourth-order valence-electron chi connectivity index (χ4n) is 4.69. The Morgan fingerprint density at radius 2 is 1.85 bits per heavy atom. The van der Waals surface area contributed by atoms with Gasteiger partial charge in [0.05, 0.1) is 24.1 Å². The van der Waals surface area contributed by atoms with Crippen LogP contribution in [0.4, 0.5) is 0 Å². The first kappa shape index (κ1) is 34.9. The van der Waals surface area contributed by atoms with Gasteiger partial charge in [0.15, 0.2) is 17.3 Å². The fourth-order valence-corrected chi connectivity index (χ4v) is 5.46. The molecular weight excluding hydrogens is 626 g/mol. The van der Waals surface area contributed by atoms with Crippen LogP contribution in [-0.2, 0) is 36.9 Å². The van der Waals surface area contributed by atoms with E-state index in [1.807, 2.05) is 30.3 Å². The van der Waals surface area contributed by atoms with Gasteiger partial charge in [0.1, 0.15) is 28.6 Å². The maximum absolute atomic E-state index is 12.8. The quantitative estimate of drug-likeness (QED) is 0.0818. The molecule has 3 atom stereocenters. The molecule has 1 aromatic carbocycles. The van der Waals surface area contributed by atoms with Crippen LogP contribution in [-0.4, -0.2) is 63.2 Å². The fraction of sp³-hybridized carbons (Fsp3) is 0.394. The summed E-state index contributed by atoms with van der Waals surface area (Å²) in [7, 11) is 0. The molecule has 1 fully saturated rings. The van der Waals surface area contributed by atoms with Crippen LogP contribution in [0.1, 0.15) is 67.3 Å². The molecule has 0 aliphatic carbocycles. The summed E-state index contributed by atoms with van der Waals surface area (Å²) >= 11 is 1.13. The highest BCUT2D eigenvalue weighted by molar-refractivity contribution is 7.10. The van der Waals surface area contributed by atoms with Crippen molar-refractivity contribution in [2.75, 3.05) is 6.54 Å². The number of carbonyl (C=O) groups excluding carboxylic acids is 5. The average molecular weight is 664 g/mol. The molecule has 3 heterocycles. The molecular formula is C33H37N5O8S. The van der Waals surface area contributed by atoms with Crippen LogP contribution in [0.2, 0.25) is 0 Å². The Labute approximate surface area is 275 Å². The lowest BCUT2D eigenvalue weighted by Crippen LogP contribution is -2.63. The highest BCUT2D eigenvalue weighted by Gasteiger charge is 2.41. The summed E-state index contributed by atoms with van der Waals surface area (Å²) in [5.74, 6) is -3.76. The van der Waals surface area contributed by atoms with E-state index in [-0.39, 0.29) is 61.2 Å². The van der Waals surface area contributed by atoms with E-state index < -0.39 is 52.4 Å². The highest BCUT2D eigenvalue weighted by atomic mass is 32.1. The Morgan fingerprint density at radius 3 is 2.51 bits per heavy atom. The maximum Gasteiger partial charge on any atom is 0.313 e. The molecule has 0 bridgehead atoms. The molecule has 2 amide bonds. The Bertz CT molecular complexity index is 1730. The lowest BCUT2D eigenvalue weighted by Gasteiger charge is -2.36. The van der Waals surface area contributed by atoms with E-state index in [1.165, 1.54) is 11.6 Å². The normalized spacial score (nSPS) is 16.3. The van der Waals surface area contributed by atoms with Crippen molar-refractivity contribution in [3.8, 4) is 5.75 Å². The number of amides is 2. The number of thiazole rings is 1. The van der Waals surface area contributed by atoms with Crippen LogP contribution in [0.5, 0.6) is 5.75 Å². The number of H-pyrrole nitrogens is 1. The Hall–Kier alpha value is -4.98. The molecule has 0 radical (unpaired) electrons. The van der Waals surface area contributed by atoms with Gasteiger partial charge in [-0.2, -0.15) is 0 Å². The van der Waals surface area contributed by atoms with Crippen molar-refractivity contribution in [3.05, 3.63) is 80.2 Å². The van der Waals surface area contributed by atoms with Crippen LogP contribution < -0.4 is 20.8 Å². The van der Waals surface area contributed by atoms with Crippen molar-refractivity contribution in [2.24, 2.45) is 11.8 Å². The van der Waals surface area contributed by atoms with Crippen LogP contribution in [0.15, 0.2) is 52.8 Å². The van der Waals surface area contributed by atoms with E-state index in [2.05, 4.69) is 20.6 Å². The predicted octanol–water partition coefficient (Wildman–Crippen LogP) is 2.76. The third kappa shape index (κ3) is 9.75. The number of nitrogens with one attached hydrogen (secondary N) is 4. The number of carbonyl (C=O) groups is 5. The van der Waals surface area contributed by atoms with Gasteiger partial charge in [-0.1, -0.05) is 37.3 Å². The van der Waals surface area contributed by atoms with Crippen molar-refractivity contribution >= 4 is 46.4 Å². The molecule has 47 heavy (non-hydrogen) atoms. The van der Waals surface area contributed by atoms with Gasteiger partial charge in [-0.15, -0.1) is 11.3 Å². The highest BCUT2D eigenvalue weighted by Crippen LogP contribution is 2.22. The number of hydrogen-bond donors (Lipinski definition) is 4. The number of hydrogen-bond acceptors (Lipinski definition) is 11. The van der Waals surface area contributed by atoms with Crippen molar-refractivity contribution in [2.45, 2.75) is 65.2 Å². The number of Topliss-reactive ketones (excluding diaryl/α,β-unsaturated/α-hetero) is 2. The third-order valence-electron chi connectivity index (χ3n) is 7.21. The number of ketones is 2. The first-order valence-electron chi connectivity index (χ1n) is 15.0. The number of nitrogens with zero attached hydrogens (tertiary/aromatic N) is 1. The summed E-state index contributed by atoms with van der Waals surface area (Å²) in [4.78, 5) is 82.1. The van der Waals surface area contributed by atoms with E-state index >= 15 is 0 Å². The first-order valence-corrected chi connectivity index (χ1v) is 15.9. The second kappa shape index (κ2) is 15.1. The van der Waals surface area contributed by atoms with Gasteiger partial charge >= 0.3 is 5.97 Å². The topological polar surface area (TPSA) is 197 Å². The molecule has 1 saturated heterocycles. The molecule has 1 aliphatic rings. The van der Waals surface area contributed by atoms with Gasteiger partial charge < -0.3 is 25.1 Å². The van der Waals surface area contributed by atoms with Crippen LogP contribution in [0, 0.1) is 17.2 Å². The first-order chi connectivity index (χ1) is 22.2. The molecule has 4 N–H and O–H groups in total. The number of esters is 1. The standard InChI is InChI=1S/C33H37N5O8S/c1-18(10-24(39)21-12-25(40)27(15-35-21)45-16-19-8-6-5-7-9-19)31(43)36-14-22-20(32(44)38-22)11-26(41)30(34)23-17-47-28(37-23)13-29(42)46-33(2,3)4/h5-9,12,15,17-18,20,22,34H,10-11,13-14,16H2,1-4H3,(H,35,40)(H,36,43)(H,38,44)/t18-,20+,22-/m1/s1. The Balaban J connectivity index is 1.23. The van der Waals surface area contributed by atoms with Crippen LogP contribution in [0.3, 0.4) is 0 Å². The lowest BCUT2D eigenvalue weighted by molar-refractivity contribution is -0.154. The van der Waals surface area contributed by atoms with Gasteiger partial charge in [0.2, 0.25) is 17.2 Å². The van der Waals surface area contributed by atoms with Crippen LogP contribution in [0.25, 0.3) is 0 Å². The number of aromatic nitrogens is 2. The number of β-lactam (4-membered cyclic amide) rings is 1. The minimum atomic E-state index is -0.757. The summed E-state index contributed by atoms with van der Waals surface area (Å²) in [6.07, 6.45) is 0.803. The second-order valence-corrected chi connectivity index (χ2v) is 13.2. The Morgan fingerprint density at radius 1 is 1.13 bits per heavy atom. The monoisotopic (exact) mass is 663 g/mol. The van der Waals surface area contributed by atoms with Gasteiger partial charge in [0.25, 0.3) is 0 Å². The molecule has 1 aliphatic heterocycles. The van der Waals surface area contributed by atoms with Crippen molar-refractivity contribution in [1.82, 2.24) is 20.6 Å². The molecule has 4 rings (SSSR count). The van der Waals surface area contributed by atoms with E-state index in [9.17, 15) is 28.8 Å². The summed E-state index contributed by atoms with van der Waals surface area (Å²) in [6, 6.07) is 9.91. The third-order valence-corrected chi connectivity index (χ3v) is 8.06. The summed E-state index contributed by atoms with van der Waals surface area (Å²) in [5, 5.41) is 15.5. The van der Waals surface area contributed by atoms with Crippen molar-refractivity contribution in [1.29, 1.82) is 5.41 Å². The smallest absolute Gasteiger partial charge is 0.313 e. The molecule has 0 spiro atoms. The van der Waals surface area contributed by atoms with Gasteiger partial charge in [-0.3, -0.25) is 34.2 Å². The van der Waals surface area contributed by atoms with Crippen molar-refractivity contribution in [3.63, 3.8) is 0 Å². The molecule has 13 nitrogen and oxygen atoms in total. The largest absolute Gasteiger partial charge is 0.483 e. The summed E-state index contributed by atoms with van der Waals surface area (Å²) < 4.78 is 10.8. The van der Waals surface area contributed by atoms with Crippen LogP contribution >= 0.6 is 11.3 Å². The molecule has 2 aromatic heterocycles. The molecule has 248 valence electrons. The van der Waals surface area contributed by atoms with Gasteiger partial charge in [-0.25, -0.2) is 4.98 Å². The number of aromatic amines is 1. The Kier molecular flexibility index (Phi) is 11.2. The zero-order valence-corrected chi connectivity index (χ0v) is 27.3. The van der Waals surface area contributed by atoms with E-state index in [0.717, 1.165) is 23.0 Å². The molecule has 0 unspecified atom stereocenters. The minimum absolute atomic E-state index is 0.0232. The minimum Gasteiger partial charge on any atom is -0.483 e. The van der Waals surface area contributed by atoms with E-state index in [1.54, 1.807) is 27.7 Å². The van der Waals surface area contributed by atoms with Gasteiger partial charge in [-0.05, 0) is 26.3 Å². The zero-order chi connectivity index (χ0) is 34.3. The van der Waals surface area contributed by atoms with Gasteiger partial charge in [0, 0.05) is 42.9 Å². The molecule has 14 heteroatoms. The number of benzene rings is 1. The molecule has 0 saturated carbocycles. The van der Waals surface area contributed by atoms with Crippen molar-refractivity contribution < 1.29 is 33.4 Å². The second-order valence-electron chi connectivity index (χ2n) is 12.2. The predicted molar refractivity (Wildman–Crippen MR) is 172 cm³/mol. The van der Waals surface area contributed by atoms with E-state index in [4.69, 9.17) is 14.9 Å². The SMILES string of the molecule is C[C@H](CC(=O)c1cc(=O)c(OCc2ccccc2)c[nH]1)C(=O)NC[C@H]1NC(=O)[C@H]1CC(=O)C(=N)c1csc(CC(=O)OC(C)(C)C)n1. The summed E-state index contributed by atoms with van der Waals surface area (Å²) in [5.41, 5.74) is -0.454. The van der Waals surface area contributed by atoms with E-state index in [0.29, 0.717) is 5.01 Å². The zero-order valence-electron chi connectivity index (χ0n) is 26.5. The average Bonchev–Trinajstić information content (AvgIpc) is 3.48. The number of rotatable bonds is 15. The number of ether oxygens (including phenoxy) is 2. The molecule has 3 aromatic rings.